The Labute approximate surface area is 240 Å². The summed E-state index contributed by atoms with van der Waals surface area (Å²) in [6, 6.07) is 10.4. The molecule has 0 aromatic heterocycles. The number of ether oxygens (including phenoxy) is 1. The van der Waals surface area contributed by atoms with E-state index in [4.69, 9.17) is 9.16 Å². The maximum absolute atomic E-state index is 13.6. The Hall–Kier alpha value is -0.973. The predicted octanol–water partition coefficient (Wildman–Crippen LogP) is 9.07. The summed E-state index contributed by atoms with van der Waals surface area (Å²) in [6.07, 6.45) is 10.2. The zero-order chi connectivity index (χ0) is 28.2. The van der Waals surface area contributed by atoms with Crippen LogP contribution in [-0.2, 0) is 20.6 Å². The van der Waals surface area contributed by atoms with Gasteiger partial charge in [0, 0.05) is 18.4 Å². The highest BCUT2D eigenvalue weighted by Crippen LogP contribution is 2.67. The van der Waals surface area contributed by atoms with Crippen molar-refractivity contribution in [1.82, 2.24) is 0 Å². The number of hydrogen-bond donors (Lipinski definition) is 0. The molecule has 0 aliphatic heterocycles. The number of rotatable bonds is 7. The van der Waals surface area contributed by atoms with Gasteiger partial charge < -0.3 is 9.16 Å². The zero-order valence-electron chi connectivity index (χ0n) is 26.2. The van der Waals surface area contributed by atoms with E-state index in [0.29, 0.717) is 42.4 Å². The smallest absolute Gasteiger partial charge is 0.192 e. The number of carbonyl (C=O) groups excluding carboxylic acids is 1. The summed E-state index contributed by atoms with van der Waals surface area (Å²) >= 11 is 0. The maximum atomic E-state index is 13.6. The van der Waals surface area contributed by atoms with Crippen LogP contribution >= 0.6 is 0 Å². The first kappa shape index (κ1) is 29.5. The fourth-order valence-electron chi connectivity index (χ4n) is 9.75. The van der Waals surface area contributed by atoms with E-state index in [9.17, 15) is 4.79 Å². The Morgan fingerprint density at radius 1 is 0.974 bits per heavy atom. The van der Waals surface area contributed by atoms with E-state index in [1.807, 2.05) is 6.07 Å². The second-order valence-electron chi connectivity index (χ2n) is 16.1. The molecule has 0 saturated heterocycles. The van der Waals surface area contributed by atoms with Crippen molar-refractivity contribution in [2.45, 2.75) is 124 Å². The van der Waals surface area contributed by atoms with E-state index in [1.54, 1.807) is 0 Å². The summed E-state index contributed by atoms with van der Waals surface area (Å²) in [7, 11) is -1.74. The summed E-state index contributed by atoms with van der Waals surface area (Å²) in [6.45, 7) is 20.6. The molecule has 4 fully saturated rings. The van der Waals surface area contributed by atoms with Gasteiger partial charge in [-0.15, -0.1) is 0 Å². The lowest BCUT2D eigenvalue weighted by Gasteiger charge is -2.61. The highest BCUT2D eigenvalue weighted by atomic mass is 28.4. The number of carbonyl (C=O) groups is 1. The lowest BCUT2D eigenvalue weighted by molar-refractivity contribution is -0.133. The van der Waals surface area contributed by atoms with E-state index in [2.05, 4.69) is 78.9 Å². The molecule has 0 heterocycles. The van der Waals surface area contributed by atoms with Crippen molar-refractivity contribution in [2.75, 3.05) is 6.61 Å². The van der Waals surface area contributed by atoms with Crippen LogP contribution in [0.2, 0.25) is 18.1 Å². The fraction of sp³-hybridized carbons (Fsp3) is 0.800. The molecule has 1 aromatic rings. The number of Topliss-reactive ketones (excluding diaryl/α,β-unsaturated/α-hetero) is 1. The number of hydrogen-bond acceptors (Lipinski definition) is 3. The molecule has 0 radical (unpaired) electrons. The Bertz CT molecular complexity index is 1010. The van der Waals surface area contributed by atoms with Gasteiger partial charge in [-0.1, -0.05) is 71.9 Å². The van der Waals surface area contributed by atoms with Gasteiger partial charge in [0.25, 0.3) is 0 Å². The topological polar surface area (TPSA) is 35.5 Å². The minimum atomic E-state index is -1.74. The molecule has 0 spiro atoms. The van der Waals surface area contributed by atoms with E-state index in [-0.39, 0.29) is 22.3 Å². The van der Waals surface area contributed by atoms with Crippen molar-refractivity contribution in [3.05, 3.63) is 35.9 Å². The Morgan fingerprint density at radius 3 is 2.36 bits per heavy atom. The largest absolute Gasteiger partial charge is 0.414 e. The molecule has 1 aromatic carbocycles. The minimum Gasteiger partial charge on any atom is -0.414 e. The summed E-state index contributed by atoms with van der Waals surface area (Å²) in [5.74, 6) is 3.79. The van der Waals surface area contributed by atoms with Crippen LogP contribution in [0.15, 0.2) is 30.3 Å². The van der Waals surface area contributed by atoms with Crippen LogP contribution in [0.1, 0.15) is 98.5 Å². The highest BCUT2D eigenvalue weighted by molar-refractivity contribution is 6.74. The molecule has 0 amide bonds. The first-order chi connectivity index (χ1) is 18.3. The van der Waals surface area contributed by atoms with Crippen molar-refractivity contribution in [3.63, 3.8) is 0 Å². The molecule has 5 rings (SSSR count). The average Bonchev–Trinajstić information content (AvgIpc) is 3.14. The molecule has 0 bridgehead atoms. The zero-order valence-corrected chi connectivity index (χ0v) is 27.2. The van der Waals surface area contributed by atoms with Crippen molar-refractivity contribution in [1.29, 1.82) is 0 Å². The monoisotopic (exact) mass is 552 g/mol. The Balaban J connectivity index is 1.24. The quantitative estimate of drug-likeness (QED) is 0.317. The third-order valence-corrected chi connectivity index (χ3v) is 17.4. The van der Waals surface area contributed by atoms with Gasteiger partial charge in [0.05, 0.1) is 13.2 Å². The van der Waals surface area contributed by atoms with Gasteiger partial charge in [-0.3, -0.25) is 4.79 Å². The van der Waals surface area contributed by atoms with Gasteiger partial charge in [-0.2, -0.15) is 0 Å². The molecule has 3 nitrogen and oxygen atoms in total. The second-order valence-corrected chi connectivity index (χ2v) is 20.9. The van der Waals surface area contributed by atoms with Gasteiger partial charge in [0.15, 0.2) is 8.32 Å². The maximum Gasteiger partial charge on any atom is 0.192 e. The molecule has 9 atom stereocenters. The number of ketones is 1. The molecule has 4 aliphatic rings. The van der Waals surface area contributed by atoms with Crippen LogP contribution in [0.5, 0.6) is 0 Å². The molecule has 0 N–H and O–H groups in total. The van der Waals surface area contributed by atoms with Crippen molar-refractivity contribution < 1.29 is 14.0 Å². The van der Waals surface area contributed by atoms with Crippen LogP contribution in [0.4, 0.5) is 0 Å². The van der Waals surface area contributed by atoms with Gasteiger partial charge in [-0.25, -0.2) is 0 Å². The molecule has 0 unspecified atom stereocenters. The highest BCUT2D eigenvalue weighted by Gasteiger charge is 2.63. The molecular weight excluding hydrogens is 496 g/mol. The van der Waals surface area contributed by atoms with Crippen molar-refractivity contribution in [2.24, 2.45) is 46.3 Å². The Kier molecular flexibility index (Phi) is 8.10. The third-order valence-electron chi connectivity index (χ3n) is 12.9. The van der Waals surface area contributed by atoms with E-state index in [0.717, 1.165) is 18.3 Å². The minimum absolute atomic E-state index is 0.139. The van der Waals surface area contributed by atoms with E-state index >= 15 is 0 Å². The van der Waals surface area contributed by atoms with Crippen molar-refractivity contribution >= 4 is 14.1 Å². The molecule has 218 valence electrons. The van der Waals surface area contributed by atoms with Crippen LogP contribution in [0.25, 0.3) is 0 Å². The van der Waals surface area contributed by atoms with Gasteiger partial charge in [-0.05, 0) is 109 Å². The van der Waals surface area contributed by atoms with Crippen LogP contribution in [0.3, 0.4) is 0 Å². The molecule has 4 aliphatic carbocycles. The molecule has 39 heavy (non-hydrogen) atoms. The summed E-state index contributed by atoms with van der Waals surface area (Å²) in [5.41, 5.74) is 1.77. The fourth-order valence-corrected chi connectivity index (χ4v) is 11.2. The normalized spacial score (nSPS) is 39.5. The summed E-state index contributed by atoms with van der Waals surface area (Å²) < 4.78 is 13.1. The third kappa shape index (κ3) is 5.36. The Morgan fingerprint density at radius 2 is 1.67 bits per heavy atom. The SMILES string of the molecule is C[C@@H](COCc1ccccc1)[C@H]1C(=O)C[C@H]2[C@@H]3CC[C@H]4C[C@@H](O[Si](C)(C)C(C)(C)C)CC[C@]4(C)[C@H]3CC[C@]12C. The number of benzene rings is 1. The summed E-state index contributed by atoms with van der Waals surface area (Å²) in [5, 5.41) is 0.272. The van der Waals surface area contributed by atoms with Gasteiger partial charge >= 0.3 is 0 Å². The van der Waals surface area contributed by atoms with Crippen LogP contribution in [-0.4, -0.2) is 26.8 Å². The van der Waals surface area contributed by atoms with Crippen LogP contribution in [0, 0.1) is 46.3 Å². The average molecular weight is 553 g/mol. The molecular formula is C35H56O3Si. The molecule has 4 heteroatoms. The van der Waals surface area contributed by atoms with Gasteiger partial charge in [0.2, 0.25) is 0 Å². The first-order valence-corrected chi connectivity index (χ1v) is 19.0. The predicted molar refractivity (Wildman–Crippen MR) is 163 cm³/mol. The van der Waals surface area contributed by atoms with Gasteiger partial charge in [0.1, 0.15) is 5.78 Å². The van der Waals surface area contributed by atoms with E-state index < -0.39 is 8.32 Å². The first-order valence-electron chi connectivity index (χ1n) is 16.1. The van der Waals surface area contributed by atoms with Crippen LogP contribution < -0.4 is 0 Å². The summed E-state index contributed by atoms with van der Waals surface area (Å²) in [4.78, 5) is 13.6. The number of fused-ring (bicyclic) bond motifs is 5. The van der Waals surface area contributed by atoms with Crippen molar-refractivity contribution in [3.8, 4) is 0 Å². The molecule has 4 saturated carbocycles. The standard InChI is InChI=1S/C35H56O3Si/c1-24(22-37-23-25-12-10-9-11-13-25)32-31(36)21-30-28-15-14-26-20-27(38-39(7,8)33(2,3)4)16-18-34(26,5)29(28)17-19-35(30,32)6/h9-13,24,26-30,32H,14-23H2,1-8H3/t24-,26-,27-,28+,29-,30-,32-,34-,35-/m0/s1. The van der Waals surface area contributed by atoms with E-state index in [1.165, 1.54) is 50.5 Å². The second kappa shape index (κ2) is 10.7. The lowest BCUT2D eigenvalue weighted by atomic mass is 9.44. The lowest BCUT2D eigenvalue weighted by Crippen LogP contribution is -2.55.